The largest absolute Gasteiger partial charge is 0.325 e. The fourth-order valence-corrected chi connectivity index (χ4v) is 2.26. The predicted octanol–water partition coefficient (Wildman–Crippen LogP) is 2.76. The van der Waals surface area contributed by atoms with Crippen LogP contribution in [0, 0.1) is 13.8 Å². The van der Waals surface area contributed by atoms with Crippen molar-refractivity contribution in [3.8, 4) is 0 Å². The smallest absolute Gasteiger partial charge is 0.164 e. The molecule has 1 aromatic carbocycles. The van der Waals surface area contributed by atoms with Gasteiger partial charge < -0.3 is 5.73 Å². The van der Waals surface area contributed by atoms with Gasteiger partial charge in [0, 0.05) is 17.5 Å². The molecule has 0 heterocycles. The Bertz CT molecular complexity index is 419. The lowest BCUT2D eigenvalue weighted by molar-refractivity contribution is 0.0911. The molecule has 0 amide bonds. The maximum Gasteiger partial charge on any atom is 0.164 e. The van der Waals surface area contributed by atoms with Crippen molar-refractivity contribution in [2.24, 2.45) is 5.73 Å². The third-order valence-corrected chi connectivity index (χ3v) is 3.56. The zero-order chi connectivity index (χ0) is 11.8. The van der Waals surface area contributed by atoms with Gasteiger partial charge >= 0.3 is 0 Å². The molecule has 1 aromatic rings. The lowest BCUT2D eigenvalue weighted by atomic mass is 9.73. The van der Waals surface area contributed by atoms with Crippen molar-refractivity contribution in [1.82, 2.24) is 0 Å². The van der Waals surface area contributed by atoms with Crippen molar-refractivity contribution in [3.63, 3.8) is 0 Å². The molecule has 1 fully saturated rings. The summed E-state index contributed by atoms with van der Waals surface area (Å²) in [5.41, 5.74) is 8.92. The molecule has 1 aliphatic carbocycles. The average molecular weight is 217 g/mol. The van der Waals surface area contributed by atoms with E-state index in [9.17, 15) is 4.79 Å². The number of carbonyl (C=O) groups is 1. The van der Waals surface area contributed by atoms with Crippen LogP contribution in [-0.4, -0.2) is 11.3 Å². The summed E-state index contributed by atoms with van der Waals surface area (Å²) < 4.78 is 0. The van der Waals surface area contributed by atoms with Gasteiger partial charge in [0.1, 0.15) is 0 Å². The van der Waals surface area contributed by atoms with E-state index in [1.165, 1.54) is 0 Å². The van der Waals surface area contributed by atoms with Gasteiger partial charge in [0.25, 0.3) is 0 Å². The van der Waals surface area contributed by atoms with Gasteiger partial charge in [-0.1, -0.05) is 17.7 Å². The summed E-state index contributed by atoms with van der Waals surface area (Å²) in [6, 6.07) is 6.01. The number of nitrogens with two attached hydrogens (primary N) is 1. The highest BCUT2D eigenvalue weighted by Crippen LogP contribution is 2.33. The van der Waals surface area contributed by atoms with Crippen molar-refractivity contribution in [2.75, 3.05) is 0 Å². The maximum absolute atomic E-state index is 12.1. The van der Waals surface area contributed by atoms with Gasteiger partial charge in [-0.15, -0.1) is 0 Å². The first-order valence-corrected chi connectivity index (χ1v) is 5.90. The summed E-state index contributed by atoms with van der Waals surface area (Å²) in [7, 11) is 0. The summed E-state index contributed by atoms with van der Waals surface area (Å²) in [4.78, 5) is 12.1. The molecule has 0 aliphatic heterocycles. The molecule has 0 atom stereocenters. The number of ketones is 1. The second-order valence-corrected chi connectivity index (χ2v) is 5.13. The van der Waals surface area contributed by atoms with Crippen LogP contribution in [0.1, 0.15) is 47.2 Å². The van der Waals surface area contributed by atoms with Gasteiger partial charge in [0.2, 0.25) is 0 Å². The van der Waals surface area contributed by atoms with Gasteiger partial charge in [-0.3, -0.25) is 4.79 Å². The molecular formula is C14H19NO. The second kappa shape index (κ2) is 4.02. The normalized spacial score (nSPS) is 17.9. The molecule has 2 N–H and O–H groups in total. The highest BCUT2D eigenvalue weighted by molar-refractivity contribution is 5.98. The Labute approximate surface area is 96.8 Å². The number of carbonyl (C=O) groups excluding carboxylic acids is 1. The zero-order valence-corrected chi connectivity index (χ0v) is 10.0. The topological polar surface area (TPSA) is 43.1 Å². The Kier molecular flexibility index (Phi) is 2.85. The highest BCUT2D eigenvalue weighted by Gasteiger charge is 2.35. The molecule has 0 saturated heterocycles. The van der Waals surface area contributed by atoms with Crippen LogP contribution >= 0.6 is 0 Å². The van der Waals surface area contributed by atoms with Crippen LogP contribution in [0.15, 0.2) is 18.2 Å². The van der Waals surface area contributed by atoms with E-state index in [4.69, 9.17) is 5.73 Å². The molecule has 1 aliphatic rings. The van der Waals surface area contributed by atoms with E-state index >= 15 is 0 Å². The Morgan fingerprint density at radius 3 is 2.62 bits per heavy atom. The van der Waals surface area contributed by atoms with Crippen LogP contribution in [0.5, 0.6) is 0 Å². The summed E-state index contributed by atoms with van der Waals surface area (Å²) in [5.74, 6) is 0.198. The SMILES string of the molecule is Cc1ccc(C)c(C(=O)CC2(N)CCC2)c1. The van der Waals surface area contributed by atoms with Crippen molar-refractivity contribution in [3.05, 3.63) is 34.9 Å². The summed E-state index contributed by atoms with van der Waals surface area (Å²) in [6.45, 7) is 3.99. The molecule has 2 heteroatoms. The minimum atomic E-state index is -0.215. The summed E-state index contributed by atoms with van der Waals surface area (Å²) >= 11 is 0. The molecule has 0 aromatic heterocycles. The number of rotatable bonds is 3. The molecule has 86 valence electrons. The van der Waals surface area contributed by atoms with E-state index in [1.807, 2.05) is 32.0 Å². The minimum Gasteiger partial charge on any atom is -0.325 e. The average Bonchev–Trinajstić information content (AvgIpc) is 2.19. The van der Waals surface area contributed by atoms with Gasteiger partial charge in [-0.05, 0) is 44.7 Å². The molecule has 0 unspecified atom stereocenters. The lowest BCUT2D eigenvalue weighted by Gasteiger charge is -2.37. The molecule has 2 rings (SSSR count). The molecule has 16 heavy (non-hydrogen) atoms. The number of hydrogen-bond donors (Lipinski definition) is 1. The standard InChI is InChI=1S/C14H19NO/c1-10-4-5-11(2)12(8-10)13(16)9-14(15)6-3-7-14/h4-5,8H,3,6-7,9,15H2,1-2H3. The Hall–Kier alpha value is -1.15. The van der Waals surface area contributed by atoms with E-state index in [1.54, 1.807) is 0 Å². The van der Waals surface area contributed by atoms with Gasteiger partial charge in [0.05, 0.1) is 0 Å². The lowest BCUT2D eigenvalue weighted by Crippen LogP contribution is -2.48. The summed E-state index contributed by atoms with van der Waals surface area (Å²) in [5, 5.41) is 0. The van der Waals surface area contributed by atoms with Crippen LogP contribution in [0.3, 0.4) is 0 Å². The third-order valence-electron chi connectivity index (χ3n) is 3.56. The molecule has 0 bridgehead atoms. The van der Waals surface area contributed by atoms with Crippen molar-refractivity contribution in [2.45, 2.75) is 45.1 Å². The van der Waals surface area contributed by atoms with E-state index < -0.39 is 0 Å². The summed E-state index contributed by atoms with van der Waals surface area (Å²) in [6.07, 6.45) is 3.64. The monoisotopic (exact) mass is 217 g/mol. The van der Waals surface area contributed by atoms with E-state index in [2.05, 4.69) is 0 Å². The van der Waals surface area contributed by atoms with Crippen molar-refractivity contribution < 1.29 is 4.79 Å². The number of hydrogen-bond acceptors (Lipinski definition) is 2. The quantitative estimate of drug-likeness (QED) is 0.791. The first-order chi connectivity index (χ1) is 7.50. The predicted molar refractivity (Wildman–Crippen MR) is 65.6 cm³/mol. The van der Waals surface area contributed by atoms with E-state index in [0.717, 1.165) is 36.0 Å². The van der Waals surface area contributed by atoms with Gasteiger partial charge in [0.15, 0.2) is 5.78 Å². The van der Waals surface area contributed by atoms with Crippen molar-refractivity contribution in [1.29, 1.82) is 0 Å². The van der Waals surface area contributed by atoms with Crippen LogP contribution in [0.2, 0.25) is 0 Å². The molecule has 0 radical (unpaired) electrons. The van der Waals surface area contributed by atoms with E-state index in [0.29, 0.717) is 6.42 Å². The molecule has 2 nitrogen and oxygen atoms in total. The first kappa shape index (κ1) is 11.3. The highest BCUT2D eigenvalue weighted by atomic mass is 16.1. The van der Waals surface area contributed by atoms with Crippen molar-refractivity contribution >= 4 is 5.78 Å². The number of aryl methyl sites for hydroxylation is 2. The van der Waals surface area contributed by atoms with Gasteiger partial charge in [-0.25, -0.2) is 0 Å². The number of benzene rings is 1. The minimum absolute atomic E-state index is 0.198. The maximum atomic E-state index is 12.1. The first-order valence-electron chi connectivity index (χ1n) is 5.90. The Morgan fingerprint density at radius 1 is 1.38 bits per heavy atom. The second-order valence-electron chi connectivity index (χ2n) is 5.13. The van der Waals surface area contributed by atoms with Crippen LogP contribution in [0.25, 0.3) is 0 Å². The van der Waals surface area contributed by atoms with E-state index in [-0.39, 0.29) is 11.3 Å². The fraction of sp³-hybridized carbons (Fsp3) is 0.500. The Balaban J connectivity index is 2.17. The number of Topliss-reactive ketones (excluding diaryl/α,β-unsaturated/α-hetero) is 1. The molecule has 1 saturated carbocycles. The van der Waals surface area contributed by atoms with Gasteiger partial charge in [-0.2, -0.15) is 0 Å². The fourth-order valence-electron chi connectivity index (χ4n) is 2.26. The third kappa shape index (κ3) is 2.17. The molecular weight excluding hydrogens is 198 g/mol. The Morgan fingerprint density at radius 2 is 2.06 bits per heavy atom. The van der Waals surface area contributed by atoms with Crippen LogP contribution in [0.4, 0.5) is 0 Å². The zero-order valence-electron chi connectivity index (χ0n) is 10.0. The molecule has 0 spiro atoms. The van der Waals surface area contributed by atoms with Crippen LogP contribution in [-0.2, 0) is 0 Å². The van der Waals surface area contributed by atoms with Crippen LogP contribution < -0.4 is 5.73 Å².